The number of ether oxygens (including phenoxy) is 1. The second-order valence-electron chi connectivity index (χ2n) is 6.18. The van der Waals surface area contributed by atoms with Crippen molar-refractivity contribution in [2.75, 3.05) is 18.6 Å². The molecule has 26 heavy (non-hydrogen) atoms. The molecule has 2 heterocycles. The highest BCUT2D eigenvalue weighted by Crippen LogP contribution is 2.24. The Hall–Kier alpha value is -3.35. The van der Waals surface area contributed by atoms with Gasteiger partial charge < -0.3 is 19.9 Å². The van der Waals surface area contributed by atoms with E-state index in [4.69, 9.17) is 4.74 Å². The molecule has 0 unspecified atom stereocenters. The van der Waals surface area contributed by atoms with E-state index in [1.165, 1.54) is 0 Å². The van der Waals surface area contributed by atoms with E-state index in [1.807, 2.05) is 48.5 Å². The van der Waals surface area contributed by atoms with Crippen molar-refractivity contribution < 1.29 is 14.3 Å². The number of hydrogen-bond donors (Lipinski definition) is 2. The number of para-hydroxylation sites is 2. The van der Waals surface area contributed by atoms with Gasteiger partial charge in [0.15, 0.2) is 5.82 Å². The maximum atomic E-state index is 12.5. The molecule has 0 bridgehead atoms. The molecule has 0 aliphatic carbocycles. The van der Waals surface area contributed by atoms with E-state index in [-0.39, 0.29) is 30.1 Å². The van der Waals surface area contributed by atoms with Gasteiger partial charge in [-0.3, -0.25) is 9.59 Å². The van der Waals surface area contributed by atoms with Crippen LogP contribution in [0, 0.1) is 0 Å². The number of benzene rings is 2. The van der Waals surface area contributed by atoms with Crippen LogP contribution in [0.15, 0.2) is 48.5 Å². The van der Waals surface area contributed by atoms with E-state index in [1.54, 1.807) is 12.0 Å². The number of hydrogen-bond acceptors (Lipinski definition) is 4. The van der Waals surface area contributed by atoms with Crippen molar-refractivity contribution in [3.63, 3.8) is 0 Å². The molecular formula is C19H18N4O3. The molecule has 7 nitrogen and oxygen atoms in total. The van der Waals surface area contributed by atoms with Crippen LogP contribution < -0.4 is 15.0 Å². The van der Waals surface area contributed by atoms with Crippen molar-refractivity contribution in [3.05, 3.63) is 54.4 Å². The number of fused-ring (bicyclic) bond motifs is 1. The molecule has 1 saturated heterocycles. The predicted octanol–water partition coefficient (Wildman–Crippen LogP) is 2.11. The summed E-state index contributed by atoms with van der Waals surface area (Å²) in [7, 11) is 1.60. The maximum Gasteiger partial charge on any atom is 0.287 e. The standard InChI is InChI=1S/C19H18N4O3/c1-26-14-8-6-13(7-9-14)23-11-12(10-17(23)24)20-19(25)18-21-15-4-2-3-5-16(15)22-18/h2-9,12H,10-11H2,1H3,(H,20,25)(H,21,22)/t12-/m0/s1. The van der Waals surface area contributed by atoms with E-state index in [9.17, 15) is 9.59 Å². The molecule has 2 amide bonds. The normalized spacial score (nSPS) is 16.9. The number of carbonyl (C=O) groups is 2. The summed E-state index contributed by atoms with van der Waals surface area (Å²) in [5.41, 5.74) is 2.33. The minimum absolute atomic E-state index is 0.0231. The summed E-state index contributed by atoms with van der Waals surface area (Å²) in [5, 5.41) is 2.89. The Balaban J connectivity index is 1.45. The zero-order chi connectivity index (χ0) is 18.1. The summed E-state index contributed by atoms with van der Waals surface area (Å²) in [6.45, 7) is 0.428. The quantitative estimate of drug-likeness (QED) is 0.754. The van der Waals surface area contributed by atoms with Gasteiger partial charge in [-0.15, -0.1) is 0 Å². The summed E-state index contributed by atoms with van der Waals surface area (Å²) >= 11 is 0. The minimum atomic E-state index is -0.310. The van der Waals surface area contributed by atoms with Gasteiger partial charge in [0.2, 0.25) is 5.91 Å². The number of aromatic amines is 1. The van der Waals surface area contributed by atoms with Gasteiger partial charge in [0.1, 0.15) is 5.75 Å². The Bertz CT molecular complexity index is 931. The van der Waals surface area contributed by atoms with Crippen molar-refractivity contribution in [2.45, 2.75) is 12.5 Å². The van der Waals surface area contributed by atoms with E-state index in [0.29, 0.717) is 6.54 Å². The third-order valence-corrected chi connectivity index (χ3v) is 4.45. The van der Waals surface area contributed by atoms with Gasteiger partial charge in [-0.25, -0.2) is 4.98 Å². The first-order chi connectivity index (χ1) is 12.6. The number of nitrogens with zero attached hydrogens (tertiary/aromatic N) is 2. The number of anilines is 1. The van der Waals surface area contributed by atoms with E-state index < -0.39 is 0 Å². The molecule has 0 radical (unpaired) electrons. The second-order valence-corrected chi connectivity index (χ2v) is 6.18. The lowest BCUT2D eigenvalue weighted by molar-refractivity contribution is -0.117. The van der Waals surface area contributed by atoms with Crippen LogP contribution in [0.25, 0.3) is 11.0 Å². The van der Waals surface area contributed by atoms with Crippen molar-refractivity contribution in [1.29, 1.82) is 0 Å². The average Bonchev–Trinajstić information content (AvgIpc) is 3.25. The van der Waals surface area contributed by atoms with E-state index in [2.05, 4.69) is 15.3 Å². The smallest absolute Gasteiger partial charge is 0.287 e. The highest BCUT2D eigenvalue weighted by molar-refractivity contribution is 5.98. The molecule has 0 spiro atoms. The van der Waals surface area contributed by atoms with Crippen LogP contribution in [0.1, 0.15) is 17.0 Å². The molecule has 4 rings (SSSR count). The molecule has 2 aromatic carbocycles. The van der Waals surface area contributed by atoms with Crippen molar-refractivity contribution in [3.8, 4) is 5.75 Å². The highest BCUT2D eigenvalue weighted by Gasteiger charge is 2.32. The summed E-state index contributed by atoms with van der Waals surface area (Å²) in [4.78, 5) is 33.7. The highest BCUT2D eigenvalue weighted by atomic mass is 16.5. The first kappa shape index (κ1) is 16.1. The average molecular weight is 350 g/mol. The summed E-state index contributed by atoms with van der Waals surface area (Å²) in [6.07, 6.45) is 0.262. The number of imidazole rings is 1. The first-order valence-corrected chi connectivity index (χ1v) is 8.34. The molecule has 1 aliphatic heterocycles. The van der Waals surface area contributed by atoms with Crippen LogP contribution in [0.4, 0.5) is 5.69 Å². The third kappa shape index (κ3) is 2.99. The van der Waals surface area contributed by atoms with Crippen LogP contribution in [0.2, 0.25) is 0 Å². The lowest BCUT2D eigenvalue weighted by atomic mass is 10.2. The minimum Gasteiger partial charge on any atom is -0.497 e. The first-order valence-electron chi connectivity index (χ1n) is 8.34. The van der Waals surface area contributed by atoms with Crippen molar-refractivity contribution >= 4 is 28.5 Å². The Morgan fingerprint density at radius 1 is 1.23 bits per heavy atom. The van der Waals surface area contributed by atoms with Crippen molar-refractivity contribution in [1.82, 2.24) is 15.3 Å². The second kappa shape index (κ2) is 6.51. The Morgan fingerprint density at radius 2 is 2.00 bits per heavy atom. The Kier molecular flexibility index (Phi) is 4.04. The summed E-state index contributed by atoms with van der Waals surface area (Å²) in [6, 6.07) is 14.5. The number of rotatable bonds is 4. The topological polar surface area (TPSA) is 87.3 Å². The molecule has 2 N–H and O–H groups in total. The third-order valence-electron chi connectivity index (χ3n) is 4.45. The SMILES string of the molecule is COc1ccc(N2C[C@@H](NC(=O)c3nc4ccccc4[nH]3)CC2=O)cc1. The van der Waals surface area contributed by atoms with Crippen LogP contribution in [-0.2, 0) is 4.79 Å². The molecule has 1 aromatic heterocycles. The molecular weight excluding hydrogens is 332 g/mol. The fourth-order valence-electron chi connectivity index (χ4n) is 3.13. The van der Waals surface area contributed by atoms with Gasteiger partial charge in [0.25, 0.3) is 5.91 Å². The lowest BCUT2D eigenvalue weighted by Crippen LogP contribution is -2.37. The number of methoxy groups -OCH3 is 1. The maximum absolute atomic E-state index is 12.5. The fourth-order valence-corrected chi connectivity index (χ4v) is 3.13. The van der Waals surface area contributed by atoms with Gasteiger partial charge in [0.05, 0.1) is 24.2 Å². The number of aromatic nitrogens is 2. The molecule has 1 atom stereocenters. The number of nitrogens with one attached hydrogen (secondary N) is 2. The number of H-pyrrole nitrogens is 1. The van der Waals surface area contributed by atoms with E-state index >= 15 is 0 Å². The zero-order valence-electron chi connectivity index (χ0n) is 14.2. The molecule has 132 valence electrons. The van der Waals surface area contributed by atoms with Crippen LogP contribution in [0.5, 0.6) is 5.75 Å². The van der Waals surface area contributed by atoms with Gasteiger partial charge in [0, 0.05) is 18.7 Å². The van der Waals surface area contributed by atoms with Gasteiger partial charge in [-0.1, -0.05) is 12.1 Å². The molecule has 1 fully saturated rings. The van der Waals surface area contributed by atoms with Crippen molar-refractivity contribution in [2.24, 2.45) is 0 Å². The van der Waals surface area contributed by atoms with Crippen LogP contribution in [0.3, 0.4) is 0 Å². The van der Waals surface area contributed by atoms with Crippen LogP contribution in [-0.4, -0.2) is 41.5 Å². The molecule has 1 aliphatic rings. The van der Waals surface area contributed by atoms with Crippen LogP contribution >= 0.6 is 0 Å². The molecule has 3 aromatic rings. The predicted molar refractivity (Wildman–Crippen MR) is 97.3 cm³/mol. The zero-order valence-corrected chi connectivity index (χ0v) is 14.2. The fraction of sp³-hybridized carbons (Fsp3) is 0.211. The lowest BCUT2D eigenvalue weighted by Gasteiger charge is -2.17. The molecule has 0 saturated carbocycles. The number of amides is 2. The summed E-state index contributed by atoms with van der Waals surface area (Å²) in [5.74, 6) is 0.650. The van der Waals surface area contributed by atoms with Gasteiger partial charge in [-0.05, 0) is 36.4 Å². The molecule has 7 heteroatoms. The van der Waals surface area contributed by atoms with Gasteiger partial charge in [-0.2, -0.15) is 0 Å². The van der Waals surface area contributed by atoms with E-state index in [0.717, 1.165) is 22.5 Å². The Labute approximate surface area is 150 Å². The summed E-state index contributed by atoms with van der Waals surface area (Å²) < 4.78 is 5.14. The Morgan fingerprint density at radius 3 is 2.73 bits per heavy atom. The number of carbonyl (C=O) groups excluding carboxylic acids is 2. The largest absolute Gasteiger partial charge is 0.497 e. The monoisotopic (exact) mass is 350 g/mol. The van der Waals surface area contributed by atoms with Gasteiger partial charge >= 0.3 is 0 Å².